The summed E-state index contributed by atoms with van der Waals surface area (Å²) in [5, 5.41) is 4.91. The summed E-state index contributed by atoms with van der Waals surface area (Å²) in [6.45, 7) is 3.96. The van der Waals surface area contributed by atoms with Crippen molar-refractivity contribution in [3.8, 4) is 22.5 Å². The number of rotatable bonds is 3. The number of benzene rings is 2. The molecule has 0 amide bonds. The number of hydrogen-bond donors (Lipinski definition) is 1. The third-order valence-corrected chi connectivity index (χ3v) is 4.99. The summed E-state index contributed by atoms with van der Waals surface area (Å²) >= 11 is 3.54. The van der Waals surface area contributed by atoms with Crippen molar-refractivity contribution in [1.29, 1.82) is 0 Å². The Morgan fingerprint density at radius 3 is 2.50 bits per heavy atom. The largest absolute Gasteiger partial charge is 0.356 e. The van der Waals surface area contributed by atoms with Crippen LogP contribution in [0, 0.1) is 6.92 Å². The minimum atomic E-state index is -0.189. The normalized spacial score (nSPS) is 11.2. The average Bonchev–Trinajstić information content (AvgIpc) is 3.07. The molecule has 0 spiro atoms. The van der Waals surface area contributed by atoms with Crippen molar-refractivity contribution in [2.45, 2.75) is 20.3 Å². The fourth-order valence-electron chi connectivity index (χ4n) is 3.19. The Bertz CT molecular complexity index is 1160. The van der Waals surface area contributed by atoms with Gasteiger partial charge in [-0.3, -0.25) is 4.79 Å². The third-order valence-electron chi connectivity index (χ3n) is 4.50. The Balaban J connectivity index is 2.11. The van der Waals surface area contributed by atoms with E-state index in [-0.39, 0.29) is 5.56 Å². The van der Waals surface area contributed by atoms with Gasteiger partial charge in [-0.2, -0.15) is 0 Å². The van der Waals surface area contributed by atoms with E-state index in [1.807, 2.05) is 25.1 Å². The van der Waals surface area contributed by atoms with E-state index in [1.165, 1.54) is 5.56 Å². The van der Waals surface area contributed by atoms with Crippen molar-refractivity contribution >= 4 is 26.8 Å². The minimum Gasteiger partial charge on any atom is -0.356 e. The number of aromatic amines is 1. The number of nitrogens with zero attached hydrogens (tertiary/aromatic N) is 1. The second-order valence-corrected chi connectivity index (χ2v) is 7.19. The molecule has 0 fully saturated rings. The molecule has 2 heterocycles. The first-order chi connectivity index (χ1) is 12.6. The number of pyridine rings is 1. The number of H-pyrrole nitrogens is 1. The van der Waals surface area contributed by atoms with Crippen molar-refractivity contribution in [1.82, 2.24) is 10.1 Å². The lowest BCUT2D eigenvalue weighted by Crippen LogP contribution is -2.11. The number of fused-ring (bicyclic) bond motifs is 1. The molecule has 0 saturated carbocycles. The smallest absolute Gasteiger partial charge is 0.260 e. The van der Waals surface area contributed by atoms with Gasteiger partial charge in [0.25, 0.3) is 5.56 Å². The van der Waals surface area contributed by atoms with E-state index in [1.54, 1.807) is 6.07 Å². The maximum absolute atomic E-state index is 12.9. The maximum atomic E-state index is 12.9. The molecule has 0 aliphatic rings. The van der Waals surface area contributed by atoms with Crippen molar-refractivity contribution in [2.24, 2.45) is 0 Å². The van der Waals surface area contributed by atoms with Crippen LogP contribution in [0.5, 0.6) is 0 Å². The first-order valence-electron chi connectivity index (χ1n) is 8.45. The van der Waals surface area contributed by atoms with Crippen molar-refractivity contribution in [3.63, 3.8) is 0 Å². The highest BCUT2D eigenvalue weighted by molar-refractivity contribution is 9.10. The lowest BCUT2D eigenvalue weighted by atomic mass is 9.94. The topological polar surface area (TPSA) is 58.9 Å². The summed E-state index contributed by atoms with van der Waals surface area (Å²) in [7, 11) is 0. The van der Waals surface area contributed by atoms with E-state index in [9.17, 15) is 4.79 Å². The van der Waals surface area contributed by atoms with Crippen LogP contribution in [-0.4, -0.2) is 10.1 Å². The quantitative estimate of drug-likeness (QED) is 0.487. The number of aryl methyl sites for hydroxylation is 2. The van der Waals surface area contributed by atoms with Gasteiger partial charge in [0.2, 0.25) is 0 Å². The van der Waals surface area contributed by atoms with Gasteiger partial charge in [-0.1, -0.05) is 52.3 Å². The summed E-state index contributed by atoms with van der Waals surface area (Å²) in [5.74, 6) is 0.472. The zero-order chi connectivity index (χ0) is 18.3. The van der Waals surface area contributed by atoms with E-state index < -0.39 is 0 Å². The predicted molar refractivity (Wildman–Crippen MR) is 107 cm³/mol. The highest BCUT2D eigenvalue weighted by Gasteiger charge is 2.19. The Hall–Kier alpha value is -2.66. The maximum Gasteiger partial charge on any atom is 0.260 e. The molecule has 5 heteroatoms. The second-order valence-electron chi connectivity index (χ2n) is 6.28. The standard InChI is InChI=1S/C21H17BrN2O2/c1-3-13-4-6-14(7-5-13)19-16-11-15(22)8-9-17(16)23-21(25)20(19)18-10-12(2)24-26-18/h4-11H,3H2,1-2H3,(H,23,25). The lowest BCUT2D eigenvalue weighted by molar-refractivity contribution is 0.427. The van der Waals surface area contributed by atoms with Crippen molar-refractivity contribution in [3.05, 3.63) is 74.6 Å². The van der Waals surface area contributed by atoms with Gasteiger partial charge >= 0.3 is 0 Å². The van der Waals surface area contributed by atoms with Gasteiger partial charge in [0.15, 0.2) is 5.76 Å². The molecule has 0 atom stereocenters. The molecule has 2 aromatic carbocycles. The average molecular weight is 409 g/mol. The van der Waals surface area contributed by atoms with Gasteiger partial charge in [-0.15, -0.1) is 0 Å². The highest BCUT2D eigenvalue weighted by Crippen LogP contribution is 2.36. The molecule has 0 aliphatic carbocycles. The molecule has 4 rings (SSSR count). The van der Waals surface area contributed by atoms with Crippen molar-refractivity contribution < 1.29 is 4.52 Å². The van der Waals surface area contributed by atoms with Crippen LogP contribution in [0.3, 0.4) is 0 Å². The van der Waals surface area contributed by atoms with E-state index in [4.69, 9.17) is 4.52 Å². The van der Waals surface area contributed by atoms with Crippen LogP contribution >= 0.6 is 15.9 Å². The van der Waals surface area contributed by atoms with Gasteiger partial charge in [0.05, 0.1) is 11.3 Å². The Morgan fingerprint density at radius 1 is 1.08 bits per heavy atom. The van der Waals surface area contributed by atoms with Crippen LogP contribution in [0.4, 0.5) is 0 Å². The Labute approximate surface area is 159 Å². The second kappa shape index (κ2) is 6.57. The lowest BCUT2D eigenvalue weighted by Gasteiger charge is -2.12. The van der Waals surface area contributed by atoms with Gasteiger partial charge in [-0.05, 0) is 42.7 Å². The van der Waals surface area contributed by atoms with E-state index in [2.05, 4.69) is 57.3 Å². The SMILES string of the molecule is CCc1ccc(-c2c(-c3cc(C)no3)c(=O)[nH]c3ccc(Br)cc23)cc1. The van der Waals surface area contributed by atoms with E-state index in [0.29, 0.717) is 11.3 Å². The molecular weight excluding hydrogens is 392 g/mol. The molecule has 130 valence electrons. The van der Waals surface area contributed by atoms with Gasteiger partial charge in [-0.25, -0.2) is 0 Å². The van der Waals surface area contributed by atoms with Crippen LogP contribution in [0.1, 0.15) is 18.2 Å². The van der Waals surface area contributed by atoms with Gasteiger partial charge in [0, 0.05) is 27.0 Å². The van der Waals surface area contributed by atoms with Gasteiger partial charge in [0.1, 0.15) is 0 Å². The fraction of sp³-hybridized carbons (Fsp3) is 0.143. The molecule has 0 radical (unpaired) electrons. The van der Waals surface area contributed by atoms with E-state index in [0.717, 1.165) is 38.6 Å². The molecule has 0 bridgehead atoms. The monoisotopic (exact) mass is 408 g/mol. The van der Waals surface area contributed by atoms with E-state index >= 15 is 0 Å². The molecule has 26 heavy (non-hydrogen) atoms. The molecule has 4 nitrogen and oxygen atoms in total. The molecule has 2 aromatic heterocycles. The summed E-state index contributed by atoms with van der Waals surface area (Å²) in [5.41, 5.74) is 4.91. The molecule has 0 aliphatic heterocycles. The predicted octanol–water partition coefficient (Wildman–Crippen LogP) is 5.48. The summed E-state index contributed by atoms with van der Waals surface area (Å²) in [4.78, 5) is 15.9. The minimum absolute atomic E-state index is 0.189. The zero-order valence-electron chi connectivity index (χ0n) is 14.5. The Kier molecular flexibility index (Phi) is 4.24. The number of nitrogens with one attached hydrogen (secondary N) is 1. The first-order valence-corrected chi connectivity index (χ1v) is 9.24. The fourth-order valence-corrected chi connectivity index (χ4v) is 3.55. The molecule has 1 N–H and O–H groups in total. The summed E-state index contributed by atoms with van der Waals surface area (Å²) in [6.07, 6.45) is 0.968. The Morgan fingerprint density at radius 2 is 1.85 bits per heavy atom. The third kappa shape index (κ3) is 2.88. The first kappa shape index (κ1) is 16.8. The molecular formula is C21H17BrN2O2. The highest BCUT2D eigenvalue weighted by atomic mass is 79.9. The number of aromatic nitrogens is 2. The van der Waals surface area contributed by atoms with Gasteiger partial charge < -0.3 is 9.51 Å². The van der Waals surface area contributed by atoms with Crippen molar-refractivity contribution in [2.75, 3.05) is 0 Å². The summed E-state index contributed by atoms with van der Waals surface area (Å²) < 4.78 is 6.38. The van der Waals surface area contributed by atoms with Crippen LogP contribution in [-0.2, 0) is 6.42 Å². The number of halogens is 1. The molecule has 0 unspecified atom stereocenters. The molecule has 4 aromatic rings. The number of hydrogen-bond acceptors (Lipinski definition) is 3. The van der Waals surface area contributed by atoms with Crippen LogP contribution in [0.15, 0.2) is 62.3 Å². The molecule has 0 saturated heterocycles. The zero-order valence-corrected chi connectivity index (χ0v) is 16.1. The van der Waals surface area contributed by atoms with Crippen LogP contribution in [0.2, 0.25) is 0 Å². The van der Waals surface area contributed by atoms with Crippen LogP contribution < -0.4 is 5.56 Å². The summed E-state index contributed by atoms with van der Waals surface area (Å²) in [6, 6.07) is 15.9. The van der Waals surface area contributed by atoms with Crippen LogP contribution in [0.25, 0.3) is 33.4 Å².